The second-order valence-corrected chi connectivity index (χ2v) is 7.66. The van der Waals surface area contributed by atoms with Gasteiger partial charge in [0, 0.05) is 5.56 Å². The highest BCUT2D eigenvalue weighted by Gasteiger charge is 2.11. The fraction of sp³-hybridized carbons (Fsp3) is 0.0357. The third kappa shape index (κ3) is 4.43. The fourth-order valence-electron chi connectivity index (χ4n) is 3.49. The van der Waals surface area contributed by atoms with Crippen molar-refractivity contribution >= 4 is 17.1 Å². The minimum atomic E-state index is -0.213. The molecule has 0 unspecified atom stereocenters. The molecule has 1 heterocycles. The first-order valence-corrected chi connectivity index (χ1v) is 10.6. The van der Waals surface area contributed by atoms with Gasteiger partial charge in [0.15, 0.2) is 5.82 Å². The molecule has 0 aliphatic heterocycles. The number of ether oxygens (including phenoxy) is 1. The highest BCUT2D eigenvalue weighted by molar-refractivity contribution is 5.82. The van der Waals surface area contributed by atoms with E-state index in [9.17, 15) is 4.79 Å². The van der Waals surface area contributed by atoms with Crippen LogP contribution in [0.15, 0.2) is 113 Å². The summed E-state index contributed by atoms with van der Waals surface area (Å²) in [5, 5.41) is 5.03. The van der Waals surface area contributed by atoms with Gasteiger partial charge in [-0.05, 0) is 61.0 Å². The van der Waals surface area contributed by atoms with Crippen LogP contribution in [0.2, 0.25) is 0 Å². The molecule has 0 radical (unpaired) electrons. The third-order valence-corrected chi connectivity index (χ3v) is 5.24. The SMILES string of the molecule is Cc1ccc(Oc2ccc(/C=N/n3c(-c4ccccc4)nc4ccccc4c3=O)cc2)cc1. The van der Waals surface area contributed by atoms with Crippen LogP contribution < -0.4 is 10.3 Å². The zero-order chi connectivity index (χ0) is 22.6. The molecular formula is C28H21N3O2. The number of rotatable bonds is 5. The normalized spacial score (nSPS) is 11.2. The molecule has 0 amide bonds. The van der Waals surface area contributed by atoms with Gasteiger partial charge in [-0.3, -0.25) is 4.79 Å². The Kier molecular flexibility index (Phi) is 5.52. The molecule has 0 N–H and O–H groups in total. The molecule has 0 aliphatic carbocycles. The van der Waals surface area contributed by atoms with Crippen LogP contribution in [0, 0.1) is 6.92 Å². The lowest BCUT2D eigenvalue weighted by Gasteiger charge is -2.09. The molecule has 160 valence electrons. The van der Waals surface area contributed by atoms with Crippen LogP contribution >= 0.6 is 0 Å². The van der Waals surface area contributed by atoms with Crippen LogP contribution in [-0.2, 0) is 0 Å². The zero-order valence-electron chi connectivity index (χ0n) is 18.1. The summed E-state index contributed by atoms with van der Waals surface area (Å²) in [7, 11) is 0. The number of hydrogen-bond acceptors (Lipinski definition) is 4. The number of nitrogens with zero attached hydrogens (tertiary/aromatic N) is 3. The quantitative estimate of drug-likeness (QED) is 0.319. The summed E-state index contributed by atoms with van der Waals surface area (Å²) in [4.78, 5) is 17.9. The highest BCUT2D eigenvalue weighted by Crippen LogP contribution is 2.22. The van der Waals surface area contributed by atoms with Crippen molar-refractivity contribution in [2.75, 3.05) is 0 Å². The summed E-state index contributed by atoms with van der Waals surface area (Å²) in [6.07, 6.45) is 1.65. The van der Waals surface area contributed by atoms with Gasteiger partial charge in [-0.15, -0.1) is 0 Å². The van der Waals surface area contributed by atoms with E-state index in [-0.39, 0.29) is 5.56 Å². The predicted octanol–water partition coefficient (Wildman–Crippen LogP) is 6.05. The lowest BCUT2D eigenvalue weighted by molar-refractivity contribution is 0.482. The average Bonchev–Trinajstić information content (AvgIpc) is 2.86. The lowest BCUT2D eigenvalue weighted by atomic mass is 10.2. The molecule has 0 spiro atoms. The van der Waals surface area contributed by atoms with Crippen molar-refractivity contribution in [2.24, 2.45) is 5.10 Å². The number of aryl methyl sites for hydroxylation is 1. The largest absolute Gasteiger partial charge is 0.457 e. The van der Waals surface area contributed by atoms with Crippen LogP contribution in [0.5, 0.6) is 11.5 Å². The summed E-state index contributed by atoms with van der Waals surface area (Å²) in [6, 6.07) is 32.3. The van der Waals surface area contributed by atoms with Gasteiger partial charge in [0.2, 0.25) is 0 Å². The summed E-state index contributed by atoms with van der Waals surface area (Å²) in [5.74, 6) is 2.00. The molecule has 5 rings (SSSR count). The predicted molar refractivity (Wildman–Crippen MR) is 132 cm³/mol. The van der Waals surface area contributed by atoms with Crippen LogP contribution in [0.25, 0.3) is 22.3 Å². The van der Waals surface area contributed by atoms with Gasteiger partial charge in [-0.1, -0.05) is 60.2 Å². The zero-order valence-corrected chi connectivity index (χ0v) is 18.1. The summed E-state index contributed by atoms with van der Waals surface area (Å²) >= 11 is 0. The lowest BCUT2D eigenvalue weighted by Crippen LogP contribution is -2.20. The topological polar surface area (TPSA) is 56.5 Å². The molecule has 0 bridgehead atoms. The highest BCUT2D eigenvalue weighted by atomic mass is 16.5. The number of benzene rings is 4. The standard InChI is InChI=1S/C28H21N3O2/c1-20-11-15-23(16-12-20)33-24-17-13-21(14-18-24)19-29-31-27(22-7-3-2-4-8-22)30-26-10-6-5-9-25(26)28(31)32/h2-19H,1H3/b29-19+. The van der Waals surface area contributed by atoms with Crippen molar-refractivity contribution in [1.82, 2.24) is 9.66 Å². The van der Waals surface area contributed by atoms with Gasteiger partial charge in [-0.25, -0.2) is 4.98 Å². The summed E-state index contributed by atoms with van der Waals surface area (Å²) in [5.41, 5.74) is 3.27. The monoisotopic (exact) mass is 431 g/mol. The second-order valence-electron chi connectivity index (χ2n) is 7.66. The molecule has 1 aromatic heterocycles. The minimum Gasteiger partial charge on any atom is -0.457 e. The van der Waals surface area contributed by atoms with Gasteiger partial charge in [-0.2, -0.15) is 9.78 Å². The van der Waals surface area contributed by atoms with E-state index in [1.54, 1.807) is 12.3 Å². The Hall–Kier alpha value is -4.51. The van der Waals surface area contributed by atoms with Crippen molar-refractivity contribution in [2.45, 2.75) is 6.92 Å². The average molecular weight is 431 g/mol. The number of fused-ring (bicyclic) bond motifs is 1. The Morgan fingerprint density at radius 3 is 2.15 bits per heavy atom. The first-order chi connectivity index (χ1) is 16.2. The Balaban J connectivity index is 1.48. The first-order valence-electron chi connectivity index (χ1n) is 10.6. The fourth-order valence-corrected chi connectivity index (χ4v) is 3.49. The second kappa shape index (κ2) is 8.93. The van der Waals surface area contributed by atoms with Gasteiger partial charge < -0.3 is 4.74 Å². The van der Waals surface area contributed by atoms with Crippen LogP contribution in [0.4, 0.5) is 0 Å². The third-order valence-electron chi connectivity index (χ3n) is 5.24. The summed E-state index contributed by atoms with van der Waals surface area (Å²) in [6.45, 7) is 2.04. The maximum Gasteiger partial charge on any atom is 0.282 e. The minimum absolute atomic E-state index is 0.213. The molecule has 0 fully saturated rings. The molecule has 0 saturated carbocycles. The van der Waals surface area contributed by atoms with Crippen LogP contribution in [0.1, 0.15) is 11.1 Å². The number of para-hydroxylation sites is 1. The first kappa shape index (κ1) is 20.4. The van der Waals surface area contributed by atoms with Crippen LogP contribution in [-0.4, -0.2) is 15.9 Å². The van der Waals surface area contributed by atoms with E-state index in [4.69, 9.17) is 9.72 Å². The van der Waals surface area contributed by atoms with Gasteiger partial charge in [0.05, 0.1) is 17.1 Å². The molecule has 0 atom stereocenters. The van der Waals surface area contributed by atoms with E-state index < -0.39 is 0 Å². The van der Waals surface area contributed by atoms with Crippen molar-refractivity contribution in [3.05, 3.63) is 125 Å². The molecule has 5 aromatic rings. The van der Waals surface area contributed by atoms with Gasteiger partial charge in [0.1, 0.15) is 11.5 Å². The molecular weight excluding hydrogens is 410 g/mol. The van der Waals surface area contributed by atoms with Crippen molar-refractivity contribution in [1.29, 1.82) is 0 Å². The van der Waals surface area contributed by atoms with Crippen molar-refractivity contribution in [3.8, 4) is 22.9 Å². The van der Waals surface area contributed by atoms with Crippen LogP contribution in [0.3, 0.4) is 0 Å². The van der Waals surface area contributed by atoms with Gasteiger partial charge >= 0.3 is 0 Å². The van der Waals surface area contributed by atoms with Crippen molar-refractivity contribution < 1.29 is 4.74 Å². The van der Waals surface area contributed by atoms with E-state index in [1.807, 2.05) is 104 Å². The number of aromatic nitrogens is 2. The molecule has 33 heavy (non-hydrogen) atoms. The smallest absolute Gasteiger partial charge is 0.282 e. The molecule has 0 saturated heterocycles. The maximum atomic E-state index is 13.2. The molecule has 0 aliphatic rings. The van der Waals surface area contributed by atoms with E-state index in [0.29, 0.717) is 16.7 Å². The van der Waals surface area contributed by atoms with E-state index in [2.05, 4.69) is 5.10 Å². The molecule has 5 nitrogen and oxygen atoms in total. The Morgan fingerprint density at radius 1 is 0.788 bits per heavy atom. The summed E-state index contributed by atoms with van der Waals surface area (Å²) < 4.78 is 7.24. The molecule has 5 heteroatoms. The Bertz CT molecular complexity index is 1490. The molecule has 4 aromatic carbocycles. The van der Waals surface area contributed by atoms with E-state index >= 15 is 0 Å². The Morgan fingerprint density at radius 2 is 1.42 bits per heavy atom. The number of hydrogen-bond donors (Lipinski definition) is 0. The maximum absolute atomic E-state index is 13.2. The Labute approximate surface area is 191 Å². The van der Waals surface area contributed by atoms with Gasteiger partial charge in [0.25, 0.3) is 5.56 Å². The van der Waals surface area contributed by atoms with E-state index in [1.165, 1.54) is 10.2 Å². The van der Waals surface area contributed by atoms with Crippen molar-refractivity contribution in [3.63, 3.8) is 0 Å². The van der Waals surface area contributed by atoms with E-state index in [0.717, 1.165) is 22.6 Å².